The fraction of sp³-hybridized carbons (Fsp3) is 0.429. The number of carbonyl (C=O) groups excluding carboxylic acids is 2. The van der Waals surface area contributed by atoms with Gasteiger partial charge in [-0.15, -0.1) is 11.6 Å². The fourth-order valence-electron chi connectivity index (χ4n) is 2.37. The summed E-state index contributed by atoms with van der Waals surface area (Å²) in [5.74, 6) is -0.141. The van der Waals surface area contributed by atoms with Crippen LogP contribution in [0, 0.1) is 0 Å². The average molecular weight is 281 g/mol. The van der Waals surface area contributed by atoms with Crippen molar-refractivity contribution >= 4 is 23.4 Å². The molecule has 0 saturated carbocycles. The topological polar surface area (TPSA) is 63.4 Å². The molecule has 1 aliphatic heterocycles. The second kappa shape index (κ2) is 6.06. The van der Waals surface area contributed by atoms with E-state index in [1.807, 2.05) is 12.1 Å². The predicted octanol–water partition coefficient (Wildman–Crippen LogP) is 1.91. The third-order valence-corrected chi connectivity index (χ3v) is 3.76. The predicted molar refractivity (Wildman–Crippen MR) is 73.9 cm³/mol. The van der Waals surface area contributed by atoms with Crippen LogP contribution in [-0.4, -0.2) is 29.3 Å². The molecule has 19 heavy (non-hydrogen) atoms. The normalized spacial score (nSPS) is 19.2. The SMILES string of the molecule is NC(=O)C1CCCCN1C(=O)c1ccc(CCl)cc1. The molecule has 5 heteroatoms. The van der Waals surface area contributed by atoms with E-state index in [0.717, 1.165) is 18.4 Å². The van der Waals surface area contributed by atoms with Crippen LogP contribution in [0.25, 0.3) is 0 Å². The lowest BCUT2D eigenvalue weighted by Gasteiger charge is -2.33. The zero-order valence-corrected chi connectivity index (χ0v) is 11.4. The van der Waals surface area contributed by atoms with Crippen LogP contribution in [0.5, 0.6) is 0 Å². The smallest absolute Gasteiger partial charge is 0.254 e. The van der Waals surface area contributed by atoms with Crippen molar-refractivity contribution in [2.75, 3.05) is 6.54 Å². The van der Waals surface area contributed by atoms with Crippen LogP contribution >= 0.6 is 11.6 Å². The van der Waals surface area contributed by atoms with Crippen LogP contribution in [0.4, 0.5) is 0 Å². The summed E-state index contributed by atoms with van der Waals surface area (Å²) in [5.41, 5.74) is 6.90. The van der Waals surface area contributed by atoms with E-state index in [2.05, 4.69) is 0 Å². The number of halogens is 1. The van der Waals surface area contributed by atoms with E-state index in [4.69, 9.17) is 17.3 Å². The van der Waals surface area contributed by atoms with Crippen LogP contribution in [0.1, 0.15) is 35.2 Å². The van der Waals surface area contributed by atoms with Crippen molar-refractivity contribution in [3.8, 4) is 0 Å². The van der Waals surface area contributed by atoms with E-state index in [0.29, 0.717) is 24.4 Å². The summed E-state index contributed by atoms with van der Waals surface area (Å²) in [6.07, 6.45) is 2.50. The highest BCUT2D eigenvalue weighted by Gasteiger charge is 2.30. The van der Waals surface area contributed by atoms with Crippen molar-refractivity contribution in [2.45, 2.75) is 31.2 Å². The van der Waals surface area contributed by atoms with Gasteiger partial charge in [0.05, 0.1) is 0 Å². The molecule has 0 radical (unpaired) electrons. The quantitative estimate of drug-likeness (QED) is 0.860. The number of alkyl halides is 1. The molecule has 1 unspecified atom stereocenters. The molecule has 2 amide bonds. The molecule has 2 N–H and O–H groups in total. The summed E-state index contributed by atoms with van der Waals surface area (Å²) in [6, 6.07) is 6.65. The highest BCUT2D eigenvalue weighted by atomic mass is 35.5. The monoisotopic (exact) mass is 280 g/mol. The van der Waals surface area contributed by atoms with Gasteiger partial charge in [-0.2, -0.15) is 0 Å². The molecule has 0 spiro atoms. The molecule has 1 aliphatic rings. The lowest BCUT2D eigenvalue weighted by molar-refractivity contribution is -0.123. The second-order valence-electron chi connectivity index (χ2n) is 4.74. The number of carbonyl (C=O) groups is 2. The van der Waals surface area contributed by atoms with Crippen LogP contribution < -0.4 is 5.73 Å². The van der Waals surface area contributed by atoms with E-state index in [9.17, 15) is 9.59 Å². The molecule has 2 rings (SSSR count). The number of hydrogen-bond acceptors (Lipinski definition) is 2. The van der Waals surface area contributed by atoms with Crippen LogP contribution in [0.2, 0.25) is 0 Å². The Bertz CT molecular complexity index is 473. The molecule has 1 fully saturated rings. The Morgan fingerprint density at radius 1 is 1.26 bits per heavy atom. The Hall–Kier alpha value is -1.55. The molecule has 0 bridgehead atoms. The number of benzene rings is 1. The third-order valence-electron chi connectivity index (χ3n) is 3.45. The molecule has 1 atom stereocenters. The standard InChI is InChI=1S/C14H17ClN2O2/c15-9-10-4-6-11(7-5-10)14(19)17-8-2-1-3-12(17)13(16)18/h4-7,12H,1-3,8-9H2,(H2,16,18). The maximum absolute atomic E-state index is 12.4. The van der Waals surface area contributed by atoms with E-state index in [1.54, 1.807) is 17.0 Å². The van der Waals surface area contributed by atoms with Gasteiger partial charge in [-0.05, 0) is 37.0 Å². The maximum atomic E-state index is 12.4. The molecule has 1 aromatic carbocycles. The van der Waals surface area contributed by atoms with Gasteiger partial charge in [0.25, 0.3) is 5.91 Å². The van der Waals surface area contributed by atoms with Gasteiger partial charge < -0.3 is 10.6 Å². The molecule has 1 saturated heterocycles. The summed E-state index contributed by atoms with van der Waals surface area (Å²) in [7, 11) is 0. The number of primary amides is 1. The van der Waals surface area contributed by atoms with Crippen molar-refractivity contribution in [3.05, 3.63) is 35.4 Å². The number of nitrogens with two attached hydrogens (primary N) is 1. The van der Waals surface area contributed by atoms with E-state index >= 15 is 0 Å². The Morgan fingerprint density at radius 3 is 2.53 bits per heavy atom. The summed E-state index contributed by atoms with van der Waals surface area (Å²) >= 11 is 5.72. The van der Waals surface area contributed by atoms with Crippen molar-refractivity contribution < 1.29 is 9.59 Å². The molecule has 0 aromatic heterocycles. The molecule has 0 aliphatic carbocycles. The van der Waals surface area contributed by atoms with Crippen molar-refractivity contribution in [3.63, 3.8) is 0 Å². The van der Waals surface area contributed by atoms with Gasteiger partial charge in [-0.1, -0.05) is 12.1 Å². The van der Waals surface area contributed by atoms with Gasteiger partial charge in [0.1, 0.15) is 6.04 Å². The average Bonchev–Trinajstić information content (AvgIpc) is 2.46. The number of amides is 2. The third kappa shape index (κ3) is 3.07. The molecule has 1 aromatic rings. The first kappa shape index (κ1) is 13.9. The first-order chi connectivity index (χ1) is 9.13. The minimum absolute atomic E-state index is 0.135. The van der Waals surface area contributed by atoms with Gasteiger partial charge in [-0.3, -0.25) is 9.59 Å². The maximum Gasteiger partial charge on any atom is 0.254 e. The van der Waals surface area contributed by atoms with E-state index < -0.39 is 11.9 Å². The Morgan fingerprint density at radius 2 is 1.95 bits per heavy atom. The molecular weight excluding hydrogens is 264 g/mol. The number of nitrogens with zero attached hydrogens (tertiary/aromatic N) is 1. The molecule has 1 heterocycles. The summed E-state index contributed by atoms with van der Waals surface area (Å²) in [6.45, 7) is 0.587. The lowest BCUT2D eigenvalue weighted by atomic mass is 10.00. The number of likely N-dealkylation sites (tertiary alicyclic amines) is 1. The van der Waals surface area contributed by atoms with Gasteiger partial charge >= 0.3 is 0 Å². The van der Waals surface area contributed by atoms with Crippen LogP contribution in [0.3, 0.4) is 0 Å². The largest absolute Gasteiger partial charge is 0.368 e. The highest BCUT2D eigenvalue weighted by molar-refractivity contribution is 6.17. The Balaban J connectivity index is 2.18. The van der Waals surface area contributed by atoms with Gasteiger partial charge in [0.15, 0.2) is 0 Å². The number of rotatable bonds is 3. The van der Waals surface area contributed by atoms with Gasteiger partial charge in [-0.25, -0.2) is 0 Å². The van der Waals surface area contributed by atoms with Crippen LogP contribution in [0.15, 0.2) is 24.3 Å². The van der Waals surface area contributed by atoms with Gasteiger partial charge in [0, 0.05) is 18.0 Å². The fourth-order valence-corrected chi connectivity index (χ4v) is 2.55. The van der Waals surface area contributed by atoms with Crippen molar-refractivity contribution in [2.24, 2.45) is 5.73 Å². The minimum Gasteiger partial charge on any atom is -0.368 e. The van der Waals surface area contributed by atoms with E-state index in [1.165, 1.54) is 0 Å². The summed E-state index contributed by atoms with van der Waals surface area (Å²) in [5, 5.41) is 0. The summed E-state index contributed by atoms with van der Waals surface area (Å²) < 4.78 is 0. The van der Waals surface area contributed by atoms with Crippen molar-refractivity contribution in [1.82, 2.24) is 4.90 Å². The first-order valence-corrected chi connectivity index (χ1v) is 6.92. The second-order valence-corrected chi connectivity index (χ2v) is 5.01. The Labute approximate surface area is 117 Å². The number of piperidine rings is 1. The molecule has 102 valence electrons. The number of hydrogen-bond donors (Lipinski definition) is 1. The van der Waals surface area contributed by atoms with Crippen molar-refractivity contribution in [1.29, 1.82) is 0 Å². The molecule has 4 nitrogen and oxygen atoms in total. The first-order valence-electron chi connectivity index (χ1n) is 6.38. The molecular formula is C14H17ClN2O2. The minimum atomic E-state index is -0.478. The zero-order valence-electron chi connectivity index (χ0n) is 10.6. The highest BCUT2D eigenvalue weighted by Crippen LogP contribution is 2.20. The lowest BCUT2D eigenvalue weighted by Crippen LogP contribution is -2.50. The van der Waals surface area contributed by atoms with Gasteiger partial charge in [0.2, 0.25) is 5.91 Å². The summed E-state index contributed by atoms with van der Waals surface area (Å²) in [4.78, 5) is 25.4. The van der Waals surface area contributed by atoms with Crippen LogP contribution in [-0.2, 0) is 10.7 Å². The Kier molecular flexibility index (Phi) is 4.43. The van der Waals surface area contributed by atoms with E-state index in [-0.39, 0.29) is 5.91 Å². The zero-order chi connectivity index (χ0) is 13.8.